The summed E-state index contributed by atoms with van der Waals surface area (Å²) in [5.74, 6) is 0. The van der Waals surface area contributed by atoms with Gasteiger partial charge in [0.1, 0.15) is 0 Å². The summed E-state index contributed by atoms with van der Waals surface area (Å²) in [7, 11) is -0.912. The first-order valence-electron chi connectivity index (χ1n) is 7.04. The van der Waals surface area contributed by atoms with Crippen molar-refractivity contribution in [2.75, 3.05) is 0 Å². The fourth-order valence-corrected chi connectivity index (χ4v) is 3.78. The third-order valence-corrected chi connectivity index (χ3v) is 5.80. The number of para-hydroxylation sites is 1. The Hall–Kier alpha value is -1.49. The highest BCUT2D eigenvalue weighted by atomic mass is 32.2. The van der Waals surface area contributed by atoms with E-state index in [2.05, 4.69) is 24.2 Å². The lowest BCUT2D eigenvalue weighted by Crippen LogP contribution is -2.18. The van der Waals surface area contributed by atoms with E-state index in [0.717, 1.165) is 24.2 Å². The topological polar surface area (TPSA) is 47.8 Å². The van der Waals surface area contributed by atoms with E-state index in [0.29, 0.717) is 0 Å². The summed E-state index contributed by atoms with van der Waals surface area (Å²) in [6.45, 7) is 6.13. The van der Waals surface area contributed by atoms with Crippen molar-refractivity contribution in [3.05, 3.63) is 42.2 Å². The molecule has 5 heteroatoms. The monoisotopic (exact) mass is 291 g/mol. The van der Waals surface area contributed by atoms with E-state index in [-0.39, 0.29) is 10.5 Å². The van der Waals surface area contributed by atoms with Crippen LogP contribution in [0.1, 0.15) is 44.6 Å². The summed E-state index contributed by atoms with van der Waals surface area (Å²) < 4.78 is 14.2. The van der Waals surface area contributed by atoms with Gasteiger partial charge in [-0.1, -0.05) is 37.3 Å². The zero-order valence-corrected chi connectivity index (χ0v) is 13.0. The predicted molar refractivity (Wildman–Crippen MR) is 82.3 cm³/mol. The summed E-state index contributed by atoms with van der Waals surface area (Å²) in [6.07, 6.45) is 3.74. The Morgan fingerprint density at radius 3 is 2.45 bits per heavy atom. The molecule has 0 saturated heterocycles. The summed E-state index contributed by atoms with van der Waals surface area (Å²) in [5.41, 5.74) is 1.76. The first-order chi connectivity index (χ1) is 9.67. The average molecular weight is 291 g/mol. The highest BCUT2D eigenvalue weighted by molar-refractivity contribution is 7.85. The predicted octanol–water partition coefficient (Wildman–Crippen LogP) is 3.27. The smallest absolute Gasteiger partial charge is 0.0984 e. The van der Waals surface area contributed by atoms with Gasteiger partial charge >= 0.3 is 0 Å². The van der Waals surface area contributed by atoms with Gasteiger partial charge in [0.25, 0.3) is 0 Å². The van der Waals surface area contributed by atoms with Crippen molar-refractivity contribution in [3.63, 3.8) is 0 Å². The van der Waals surface area contributed by atoms with E-state index in [9.17, 15) is 4.21 Å². The quantitative estimate of drug-likeness (QED) is 0.820. The van der Waals surface area contributed by atoms with E-state index in [1.165, 1.54) is 0 Å². The Bertz CT molecular complexity index is 564. The Balaban J connectivity index is 2.18. The Kier molecular flexibility index (Phi) is 5.06. The normalized spacial score (nSPS) is 14.4. The minimum Gasteiger partial charge on any atom is -0.259 e. The lowest BCUT2D eigenvalue weighted by molar-refractivity contribution is 0.648. The minimum atomic E-state index is -0.912. The molecule has 0 aliphatic carbocycles. The second kappa shape index (κ2) is 6.79. The molecule has 0 fully saturated rings. The molecule has 0 aliphatic rings. The molecule has 4 nitrogen and oxygen atoms in total. The maximum Gasteiger partial charge on any atom is 0.0984 e. The maximum absolute atomic E-state index is 12.5. The van der Waals surface area contributed by atoms with E-state index >= 15 is 0 Å². The van der Waals surface area contributed by atoms with Gasteiger partial charge in [0.05, 0.1) is 22.8 Å². The molecule has 0 N–H and O–H groups in total. The largest absolute Gasteiger partial charge is 0.259 e. The molecule has 2 atom stereocenters. The SMILES string of the molecule is CCC(CC)[S@](=O)[C@H](C)c1cn(-c2ccccc2)nn1. The maximum atomic E-state index is 12.5. The molecule has 0 aliphatic heterocycles. The van der Waals surface area contributed by atoms with E-state index in [4.69, 9.17) is 0 Å². The number of aromatic nitrogens is 3. The molecule has 0 unspecified atom stereocenters. The molecule has 2 rings (SSSR count). The number of rotatable bonds is 6. The van der Waals surface area contributed by atoms with Crippen LogP contribution < -0.4 is 0 Å². The third-order valence-electron chi connectivity index (χ3n) is 3.54. The van der Waals surface area contributed by atoms with Crippen LogP contribution in [0.2, 0.25) is 0 Å². The number of hydrogen-bond donors (Lipinski definition) is 0. The zero-order chi connectivity index (χ0) is 14.5. The van der Waals surface area contributed by atoms with Crippen molar-refractivity contribution in [2.24, 2.45) is 0 Å². The van der Waals surface area contributed by atoms with Crippen molar-refractivity contribution < 1.29 is 4.21 Å². The van der Waals surface area contributed by atoms with Crippen molar-refractivity contribution in [2.45, 2.75) is 44.1 Å². The number of nitrogens with zero attached hydrogens (tertiary/aromatic N) is 3. The van der Waals surface area contributed by atoms with Crippen LogP contribution in [-0.4, -0.2) is 24.5 Å². The zero-order valence-electron chi connectivity index (χ0n) is 12.2. The van der Waals surface area contributed by atoms with Crippen LogP contribution >= 0.6 is 0 Å². The first kappa shape index (κ1) is 14.9. The highest BCUT2D eigenvalue weighted by Gasteiger charge is 2.23. The molecule has 0 saturated carbocycles. The van der Waals surface area contributed by atoms with Crippen molar-refractivity contribution in [3.8, 4) is 5.69 Å². The molecule has 0 spiro atoms. The molecule has 20 heavy (non-hydrogen) atoms. The van der Waals surface area contributed by atoms with Crippen LogP contribution in [0.15, 0.2) is 36.5 Å². The van der Waals surface area contributed by atoms with Gasteiger partial charge in [0, 0.05) is 16.0 Å². The van der Waals surface area contributed by atoms with Gasteiger partial charge in [-0.25, -0.2) is 4.68 Å². The van der Waals surface area contributed by atoms with Crippen molar-refractivity contribution in [1.82, 2.24) is 15.0 Å². The van der Waals surface area contributed by atoms with Crippen molar-refractivity contribution >= 4 is 10.8 Å². The number of hydrogen-bond acceptors (Lipinski definition) is 3. The fourth-order valence-electron chi connectivity index (χ4n) is 2.19. The minimum absolute atomic E-state index is 0.0858. The lowest BCUT2D eigenvalue weighted by atomic mass is 10.3. The van der Waals surface area contributed by atoms with E-state index in [1.807, 2.05) is 43.5 Å². The Morgan fingerprint density at radius 2 is 1.85 bits per heavy atom. The van der Waals surface area contributed by atoms with Gasteiger partial charge in [0.15, 0.2) is 0 Å². The van der Waals surface area contributed by atoms with Crippen LogP contribution in [0, 0.1) is 0 Å². The van der Waals surface area contributed by atoms with Gasteiger partial charge in [-0.15, -0.1) is 5.10 Å². The molecule has 2 aromatic rings. The van der Waals surface area contributed by atoms with Crippen LogP contribution in [-0.2, 0) is 10.8 Å². The molecular weight excluding hydrogens is 270 g/mol. The summed E-state index contributed by atoms with van der Waals surface area (Å²) in [4.78, 5) is 0. The summed E-state index contributed by atoms with van der Waals surface area (Å²) in [5, 5.41) is 8.46. The third kappa shape index (κ3) is 3.15. The van der Waals surface area contributed by atoms with Crippen LogP contribution in [0.4, 0.5) is 0 Å². The molecule has 0 amide bonds. The molecule has 1 aromatic heterocycles. The second-order valence-corrected chi connectivity index (χ2v) is 6.86. The molecule has 1 heterocycles. The van der Waals surface area contributed by atoms with Crippen LogP contribution in [0.5, 0.6) is 0 Å². The molecular formula is C15H21N3OS. The van der Waals surface area contributed by atoms with Gasteiger partial charge < -0.3 is 0 Å². The summed E-state index contributed by atoms with van der Waals surface area (Å²) in [6, 6.07) is 9.83. The van der Waals surface area contributed by atoms with E-state index < -0.39 is 10.8 Å². The standard InChI is InChI=1S/C15H21N3OS/c1-4-14(5-2)20(19)12(3)15-11-18(17-16-15)13-9-7-6-8-10-13/h6-12,14H,4-5H2,1-3H3/t12-,20-/m1/s1. The van der Waals surface area contributed by atoms with Crippen LogP contribution in [0.3, 0.4) is 0 Å². The first-order valence-corrected chi connectivity index (χ1v) is 8.32. The van der Waals surface area contributed by atoms with Gasteiger partial charge in [-0.3, -0.25) is 4.21 Å². The highest BCUT2D eigenvalue weighted by Crippen LogP contribution is 2.23. The molecule has 0 radical (unpaired) electrons. The second-order valence-electron chi connectivity index (χ2n) is 4.83. The molecule has 0 bridgehead atoms. The molecule has 108 valence electrons. The van der Waals surface area contributed by atoms with Gasteiger partial charge in [0.2, 0.25) is 0 Å². The lowest BCUT2D eigenvalue weighted by Gasteiger charge is -2.16. The van der Waals surface area contributed by atoms with Crippen molar-refractivity contribution in [1.29, 1.82) is 0 Å². The molecule has 1 aromatic carbocycles. The van der Waals surface area contributed by atoms with Gasteiger partial charge in [-0.2, -0.15) is 0 Å². The average Bonchev–Trinajstić information content (AvgIpc) is 2.98. The Labute approximate surface area is 122 Å². The fraction of sp³-hybridized carbons (Fsp3) is 0.467. The van der Waals surface area contributed by atoms with Gasteiger partial charge in [-0.05, 0) is 31.9 Å². The number of benzene rings is 1. The van der Waals surface area contributed by atoms with E-state index in [1.54, 1.807) is 4.68 Å². The summed E-state index contributed by atoms with van der Waals surface area (Å²) >= 11 is 0. The Morgan fingerprint density at radius 1 is 1.20 bits per heavy atom. The van der Waals surface area contributed by atoms with Crippen LogP contribution in [0.25, 0.3) is 5.69 Å².